The SMILES string of the molecule is Cc1ccccc1OCCC(=O)NCCCC(C)CO. The molecule has 1 aromatic rings. The van der Waals surface area contributed by atoms with Gasteiger partial charge in [0.25, 0.3) is 0 Å². The number of carbonyl (C=O) groups is 1. The van der Waals surface area contributed by atoms with Crippen LogP contribution in [0.25, 0.3) is 0 Å². The van der Waals surface area contributed by atoms with Crippen molar-refractivity contribution >= 4 is 5.91 Å². The van der Waals surface area contributed by atoms with E-state index in [4.69, 9.17) is 9.84 Å². The predicted octanol–water partition coefficient (Wildman–Crippen LogP) is 2.29. The van der Waals surface area contributed by atoms with Crippen LogP contribution in [0.4, 0.5) is 0 Å². The minimum atomic E-state index is 0.00948. The summed E-state index contributed by atoms with van der Waals surface area (Å²) < 4.78 is 5.58. The van der Waals surface area contributed by atoms with Crippen molar-refractivity contribution < 1.29 is 14.6 Å². The zero-order valence-corrected chi connectivity index (χ0v) is 12.4. The highest BCUT2D eigenvalue weighted by Crippen LogP contribution is 2.16. The smallest absolute Gasteiger partial charge is 0.223 e. The quantitative estimate of drug-likeness (QED) is 0.682. The minimum absolute atomic E-state index is 0.00948. The monoisotopic (exact) mass is 279 g/mol. The molecule has 1 atom stereocenters. The number of aliphatic hydroxyl groups is 1. The Kier molecular flexibility index (Phi) is 7.73. The second-order valence-electron chi connectivity index (χ2n) is 5.14. The topological polar surface area (TPSA) is 58.6 Å². The normalized spacial score (nSPS) is 11.9. The van der Waals surface area contributed by atoms with E-state index < -0.39 is 0 Å². The standard InChI is InChI=1S/C16H25NO3/c1-13(12-18)6-5-10-17-16(19)9-11-20-15-8-4-3-7-14(15)2/h3-4,7-8,13,18H,5-6,9-12H2,1-2H3,(H,17,19). The number of carbonyl (C=O) groups excluding carboxylic acids is 1. The lowest BCUT2D eigenvalue weighted by Gasteiger charge is -2.10. The van der Waals surface area contributed by atoms with E-state index in [-0.39, 0.29) is 12.5 Å². The molecule has 2 N–H and O–H groups in total. The van der Waals surface area contributed by atoms with Gasteiger partial charge in [-0.25, -0.2) is 0 Å². The van der Waals surface area contributed by atoms with Gasteiger partial charge in [-0.1, -0.05) is 25.1 Å². The third-order valence-corrected chi connectivity index (χ3v) is 3.19. The van der Waals surface area contributed by atoms with Crippen molar-refractivity contribution in [1.29, 1.82) is 0 Å². The van der Waals surface area contributed by atoms with E-state index in [0.29, 0.717) is 25.5 Å². The van der Waals surface area contributed by atoms with Crippen molar-refractivity contribution in [3.8, 4) is 5.75 Å². The molecule has 0 saturated heterocycles. The van der Waals surface area contributed by atoms with Gasteiger partial charge in [0, 0.05) is 13.2 Å². The number of hydrogen-bond donors (Lipinski definition) is 2. The maximum Gasteiger partial charge on any atom is 0.223 e. The van der Waals surface area contributed by atoms with Gasteiger partial charge in [0.2, 0.25) is 5.91 Å². The van der Waals surface area contributed by atoms with Crippen LogP contribution < -0.4 is 10.1 Å². The summed E-state index contributed by atoms with van der Waals surface area (Å²) in [5.41, 5.74) is 1.07. The molecular weight excluding hydrogens is 254 g/mol. The van der Waals surface area contributed by atoms with Gasteiger partial charge >= 0.3 is 0 Å². The van der Waals surface area contributed by atoms with Crippen LogP contribution in [0.5, 0.6) is 5.75 Å². The fourth-order valence-electron chi connectivity index (χ4n) is 1.83. The third-order valence-electron chi connectivity index (χ3n) is 3.19. The van der Waals surface area contributed by atoms with Crippen LogP contribution in [0.3, 0.4) is 0 Å². The number of rotatable bonds is 9. The van der Waals surface area contributed by atoms with Crippen LogP contribution in [0.15, 0.2) is 24.3 Å². The molecule has 0 aliphatic heterocycles. The van der Waals surface area contributed by atoms with E-state index in [2.05, 4.69) is 5.32 Å². The van der Waals surface area contributed by atoms with Gasteiger partial charge in [0.1, 0.15) is 5.75 Å². The zero-order chi connectivity index (χ0) is 14.8. The number of benzene rings is 1. The summed E-state index contributed by atoms with van der Waals surface area (Å²) in [7, 11) is 0. The Morgan fingerprint density at radius 1 is 1.40 bits per heavy atom. The Balaban J connectivity index is 2.10. The Bertz CT molecular complexity index is 406. The average Bonchev–Trinajstić information content (AvgIpc) is 2.45. The Morgan fingerprint density at radius 3 is 2.85 bits per heavy atom. The molecule has 0 fully saturated rings. The molecule has 0 heterocycles. The highest BCUT2D eigenvalue weighted by Gasteiger charge is 2.04. The second kappa shape index (κ2) is 9.37. The number of para-hydroxylation sites is 1. The average molecular weight is 279 g/mol. The molecule has 112 valence electrons. The molecule has 0 aliphatic carbocycles. The molecule has 1 rings (SSSR count). The summed E-state index contributed by atoms with van der Waals surface area (Å²) in [6, 6.07) is 7.77. The molecule has 20 heavy (non-hydrogen) atoms. The van der Waals surface area contributed by atoms with Crippen LogP contribution in [-0.4, -0.2) is 30.8 Å². The first-order chi connectivity index (χ1) is 9.63. The highest BCUT2D eigenvalue weighted by atomic mass is 16.5. The van der Waals surface area contributed by atoms with Crippen molar-refractivity contribution in [1.82, 2.24) is 5.32 Å². The Hall–Kier alpha value is -1.55. The van der Waals surface area contributed by atoms with Crippen LogP contribution in [0, 0.1) is 12.8 Å². The largest absolute Gasteiger partial charge is 0.493 e. The van der Waals surface area contributed by atoms with E-state index in [1.165, 1.54) is 0 Å². The van der Waals surface area contributed by atoms with Gasteiger partial charge in [0.05, 0.1) is 13.0 Å². The van der Waals surface area contributed by atoms with E-state index in [9.17, 15) is 4.79 Å². The van der Waals surface area contributed by atoms with Gasteiger partial charge in [-0.15, -0.1) is 0 Å². The summed E-state index contributed by atoms with van der Waals surface area (Å²) >= 11 is 0. The molecule has 1 aromatic carbocycles. The second-order valence-corrected chi connectivity index (χ2v) is 5.14. The Morgan fingerprint density at radius 2 is 2.15 bits per heavy atom. The zero-order valence-electron chi connectivity index (χ0n) is 12.4. The molecule has 0 aromatic heterocycles. The maximum atomic E-state index is 11.6. The minimum Gasteiger partial charge on any atom is -0.493 e. The molecule has 1 amide bonds. The fourth-order valence-corrected chi connectivity index (χ4v) is 1.83. The van der Waals surface area contributed by atoms with Crippen molar-refractivity contribution in [3.63, 3.8) is 0 Å². The van der Waals surface area contributed by atoms with E-state index >= 15 is 0 Å². The number of ether oxygens (including phenoxy) is 1. The van der Waals surface area contributed by atoms with Gasteiger partial charge in [-0.2, -0.15) is 0 Å². The van der Waals surface area contributed by atoms with Crippen molar-refractivity contribution in [2.24, 2.45) is 5.92 Å². The van der Waals surface area contributed by atoms with Gasteiger partial charge in [-0.3, -0.25) is 4.79 Å². The van der Waals surface area contributed by atoms with Crippen molar-refractivity contribution in [3.05, 3.63) is 29.8 Å². The van der Waals surface area contributed by atoms with E-state index in [1.54, 1.807) is 0 Å². The number of aliphatic hydroxyl groups excluding tert-OH is 1. The predicted molar refractivity (Wildman–Crippen MR) is 79.8 cm³/mol. The molecule has 1 unspecified atom stereocenters. The molecule has 0 bridgehead atoms. The van der Waals surface area contributed by atoms with Crippen LogP contribution in [-0.2, 0) is 4.79 Å². The first-order valence-electron chi connectivity index (χ1n) is 7.19. The lowest BCUT2D eigenvalue weighted by Crippen LogP contribution is -2.26. The molecule has 0 saturated carbocycles. The van der Waals surface area contributed by atoms with Crippen molar-refractivity contribution in [2.45, 2.75) is 33.1 Å². The number of hydrogen-bond acceptors (Lipinski definition) is 3. The number of amides is 1. The number of aryl methyl sites for hydroxylation is 1. The molecule has 4 nitrogen and oxygen atoms in total. The van der Waals surface area contributed by atoms with E-state index in [0.717, 1.165) is 24.2 Å². The third kappa shape index (κ3) is 6.57. The van der Waals surface area contributed by atoms with Gasteiger partial charge in [-0.05, 0) is 37.3 Å². The molecule has 0 aliphatic rings. The molecule has 4 heteroatoms. The van der Waals surface area contributed by atoms with Crippen LogP contribution in [0.1, 0.15) is 31.7 Å². The number of nitrogens with one attached hydrogen (secondary N) is 1. The van der Waals surface area contributed by atoms with Gasteiger partial charge < -0.3 is 15.2 Å². The maximum absolute atomic E-state index is 11.6. The lowest BCUT2D eigenvalue weighted by molar-refractivity contribution is -0.121. The van der Waals surface area contributed by atoms with Crippen molar-refractivity contribution in [2.75, 3.05) is 19.8 Å². The highest BCUT2D eigenvalue weighted by molar-refractivity contribution is 5.75. The first-order valence-corrected chi connectivity index (χ1v) is 7.19. The summed E-state index contributed by atoms with van der Waals surface area (Å²) in [4.78, 5) is 11.6. The lowest BCUT2D eigenvalue weighted by atomic mass is 10.1. The molecule has 0 spiro atoms. The van der Waals surface area contributed by atoms with Crippen LogP contribution in [0.2, 0.25) is 0 Å². The Labute approximate surface area is 121 Å². The summed E-state index contributed by atoms with van der Waals surface area (Å²) in [5.74, 6) is 1.14. The van der Waals surface area contributed by atoms with E-state index in [1.807, 2.05) is 38.1 Å². The van der Waals surface area contributed by atoms with Crippen LogP contribution >= 0.6 is 0 Å². The summed E-state index contributed by atoms with van der Waals surface area (Å²) in [6.07, 6.45) is 2.19. The summed E-state index contributed by atoms with van der Waals surface area (Å²) in [6.45, 7) is 5.24. The molecule has 0 radical (unpaired) electrons. The molecular formula is C16H25NO3. The summed E-state index contributed by atoms with van der Waals surface area (Å²) in [5, 5.41) is 11.7. The van der Waals surface area contributed by atoms with Gasteiger partial charge in [0.15, 0.2) is 0 Å². The first kappa shape index (κ1) is 16.5. The fraction of sp³-hybridized carbons (Fsp3) is 0.562.